The van der Waals surface area contributed by atoms with Gasteiger partial charge in [0.15, 0.2) is 0 Å². The molecule has 1 fully saturated rings. The van der Waals surface area contributed by atoms with Crippen LogP contribution in [0.15, 0.2) is 0 Å². The number of carbonyl (C=O) groups excluding carboxylic acids is 9. The number of ether oxygens (including phenoxy) is 7. The first-order chi connectivity index (χ1) is 55.3. The number of nitrogens with one attached hydrogen (secondary N) is 4. The van der Waals surface area contributed by atoms with E-state index < -0.39 is 5.60 Å². The molecule has 115 heavy (non-hydrogen) atoms. The molecule has 7 amide bonds. The van der Waals surface area contributed by atoms with Gasteiger partial charge in [0.25, 0.3) is 0 Å². The average molecular weight is 1710 g/mol. The second kappa shape index (κ2) is 73.0. The third-order valence-electron chi connectivity index (χ3n) is 20.8. The van der Waals surface area contributed by atoms with Gasteiger partial charge in [-0.05, 0) is 212 Å². The van der Waals surface area contributed by atoms with E-state index in [2.05, 4.69) is 62.8 Å². The Morgan fingerprint density at radius 3 is 1.02 bits per heavy atom. The molecule has 1 heterocycles. The molecule has 27 heteroatoms. The van der Waals surface area contributed by atoms with Crippen LogP contribution >= 0.6 is 47.0 Å². The maximum Gasteiger partial charge on any atom is 0.410 e. The second-order valence-electron chi connectivity index (χ2n) is 32.5. The summed E-state index contributed by atoms with van der Waals surface area (Å²) in [6.45, 7) is 31.2. The van der Waals surface area contributed by atoms with Crippen molar-refractivity contribution in [2.24, 2.45) is 11.8 Å². The van der Waals surface area contributed by atoms with Gasteiger partial charge in [-0.1, -0.05) is 98.8 Å². The highest BCUT2D eigenvalue weighted by molar-refractivity contribution is 8.00. The molecule has 0 spiro atoms. The van der Waals surface area contributed by atoms with Crippen molar-refractivity contribution in [3.63, 3.8) is 0 Å². The molecule has 1 rings (SSSR count). The highest BCUT2D eigenvalue weighted by Crippen LogP contribution is 2.38. The summed E-state index contributed by atoms with van der Waals surface area (Å²) in [5.74, 6) is 5.71. The van der Waals surface area contributed by atoms with E-state index >= 15 is 0 Å². The summed E-state index contributed by atoms with van der Waals surface area (Å²) in [6.07, 6.45) is 31.2. The molecule has 8 atom stereocenters. The van der Waals surface area contributed by atoms with Gasteiger partial charge in [-0.2, -0.15) is 0 Å². The van der Waals surface area contributed by atoms with Gasteiger partial charge < -0.3 is 69.1 Å². The lowest BCUT2D eigenvalue weighted by Crippen LogP contribution is -2.51. The molecule has 0 bridgehead atoms. The number of unbranched alkanes of at least 4 members (excludes halogenated alkanes) is 20. The van der Waals surface area contributed by atoms with Crippen LogP contribution < -0.4 is 21.3 Å². The number of thioether (sulfide) groups is 4. The van der Waals surface area contributed by atoms with Gasteiger partial charge in [0.1, 0.15) is 23.7 Å². The van der Waals surface area contributed by atoms with Crippen LogP contribution in [-0.2, 0) is 71.5 Å². The van der Waals surface area contributed by atoms with Gasteiger partial charge in [0.05, 0.1) is 42.2 Å². The Hall–Kier alpha value is -3.73. The fourth-order valence-corrected chi connectivity index (χ4v) is 16.7. The summed E-state index contributed by atoms with van der Waals surface area (Å²) in [7, 11) is 0. The zero-order valence-corrected chi connectivity index (χ0v) is 77.7. The molecule has 672 valence electrons. The van der Waals surface area contributed by atoms with Crippen molar-refractivity contribution in [3.8, 4) is 0 Å². The Kier molecular flexibility index (Phi) is 69.4. The first kappa shape index (κ1) is 109. The summed E-state index contributed by atoms with van der Waals surface area (Å²) < 4.78 is 40.5. The number of carbonyl (C=O) groups is 9. The van der Waals surface area contributed by atoms with Gasteiger partial charge in [-0.3, -0.25) is 38.4 Å². The smallest absolute Gasteiger partial charge is 0.410 e. The molecular weight excluding hydrogens is 1540 g/mol. The van der Waals surface area contributed by atoms with Crippen LogP contribution in [0, 0.1) is 11.8 Å². The van der Waals surface area contributed by atoms with Gasteiger partial charge in [-0.15, -0.1) is 47.0 Å². The molecule has 23 nitrogen and oxygen atoms in total. The van der Waals surface area contributed by atoms with Gasteiger partial charge in [0.2, 0.25) is 35.4 Å². The van der Waals surface area contributed by atoms with Crippen molar-refractivity contribution in [3.05, 3.63) is 0 Å². The quantitative estimate of drug-likeness (QED) is 0.0191. The van der Waals surface area contributed by atoms with E-state index in [1.54, 1.807) is 16.7 Å². The zero-order valence-electron chi connectivity index (χ0n) is 74.4. The molecule has 1 saturated heterocycles. The van der Waals surface area contributed by atoms with E-state index in [-0.39, 0.29) is 95.7 Å². The number of amides is 7. The molecule has 0 aromatic carbocycles. The molecule has 1 aliphatic heterocycles. The molecule has 0 aliphatic carbocycles. The Balaban J connectivity index is 2.83. The van der Waals surface area contributed by atoms with Crippen LogP contribution in [0.2, 0.25) is 0 Å². The van der Waals surface area contributed by atoms with Crippen molar-refractivity contribution >= 4 is 101 Å². The number of hydrogen-bond donors (Lipinski definition) is 4. The zero-order chi connectivity index (χ0) is 85.0. The summed E-state index contributed by atoms with van der Waals surface area (Å²) in [6, 6.07) is 0. The molecule has 0 radical (unpaired) electrons. The Labute approximate surface area is 715 Å². The number of rotatable bonds is 76. The van der Waals surface area contributed by atoms with Crippen LogP contribution in [0.25, 0.3) is 0 Å². The van der Waals surface area contributed by atoms with Crippen molar-refractivity contribution < 1.29 is 76.3 Å². The van der Waals surface area contributed by atoms with E-state index in [1.807, 2.05) is 79.7 Å². The molecular formula is C88H165N7O16S4. The molecule has 0 aromatic rings. The normalized spacial score (nSPS) is 16.3. The summed E-state index contributed by atoms with van der Waals surface area (Å²) in [4.78, 5) is 122. The van der Waals surface area contributed by atoms with E-state index in [1.165, 1.54) is 13.8 Å². The monoisotopic (exact) mass is 1700 g/mol. The third kappa shape index (κ3) is 63.9. The third-order valence-corrected chi connectivity index (χ3v) is 24.8. The lowest BCUT2D eigenvalue weighted by Gasteiger charge is -2.43. The minimum Gasteiger partial charge on any atom is -0.463 e. The Morgan fingerprint density at radius 1 is 0.391 bits per heavy atom. The van der Waals surface area contributed by atoms with Crippen molar-refractivity contribution in [2.75, 3.05) is 113 Å². The SMILES string of the molecule is CCC(C)OCSCCCCCNC(=O)CCCCCN(CCCCCC(=O)NCCCCCSCOC(C)CC)C(=O)CCCCCN(CCCCCC(=O)N(CCCCCC(=O)NCCCCCSCOC(C)CC)CCCCCC(=O)NCCCCCS[C@@H]1OC(COC(C)=O)[C@H](C)[C@H](OC(C)=O)C1C)C(=O)OC(C)(C)C. The number of nitrogens with zero attached hydrogens (tertiary/aromatic N) is 3. The lowest BCUT2D eigenvalue weighted by molar-refractivity contribution is -0.185. The summed E-state index contributed by atoms with van der Waals surface area (Å²) >= 11 is 7.14. The molecule has 5 unspecified atom stereocenters. The Morgan fingerprint density at radius 2 is 0.704 bits per heavy atom. The molecule has 0 saturated carbocycles. The number of esters is 2. The fourth-order valence-electron chi connectivity index (χ4n) is 12.9. The maximum atomic E-state index is 14.0. The van der Waals surface area contributed by atoms with Crippen molar-refractivity contribution in [2.45, 2.75) is 382 Å². The van der Waals surface area contributed by atoms with Gasteiger partial charge >= 0.3 is 18.0 Å². The Bertz CT molecular complexity index is 2460. The first-order valence-corrected chi connectivity index (χ1v) is 49.6. The van der Waals surface area contributed by atoms with E-state index in [4.69, 9.17) is 33.2 Å². The average Bonchev–Trinajstić information content (AvgIpc) is 0.805. The minimum absolute atomic E-state index is 0.0192. The predicted octanol–water partition coefficient (Wildman–Crippen LogP) is 18.1. The first-order valence-electron chi connectivity index (χ1n) is 45.1. The van der Waals surface area contributed by atoms with E-state index in [9.17, 15) is 43.2 Å². The molecule has 0 aromatic heterocycles. The van der Waals surface area contributed by atoms with Crippen LogP contribution in [-0.4, -0.2) is 223 Å². The number of hydrogen-bond acceptors (Lipinski definition) is 20. The van der Waals surface area contributed by atoms with Crippen LogP contribution in [0.1, 0.15) is 340 Å². The predicted molar refractivity (Wildman–Crippen MR) is 475 cm³/mol. The fraction of sp³-hybridized carbons (Fsp3) is 0.898. The molecule has 4 N–H and O–H groups in total. The second-order valence-corrected chi connectivity index (χ2v) is 36.8. The van der Waals surface area contributed by atoms with Crippen molar-refractivity contribution in [1.82, 2.24) is 36.0 Å². The van der Waals surface area contributed by atoms with Gasteiger partial charge in [-0.25, -0.2) is 4.79 Å². The molecule has 1 aliphatic rings. The van der Waals surface area contributed by atoms with Crippen LogP contribution in [0.3, 0.4) is 0 Å². The van der Waals surface area contributed by atoms with Crippen LogP contribution in [0.4, 0.5) is 4.79 Å². The summed E-state index contributed by atoms with van der Waals surface area (Å²) in [5.41, 5.74) is -0.899. The van der Waals surface area contributed by atoms with E-state index in [0.29, 0.717) is 148 Å². The topological polar surface area (TPSA) is 276 Å². The highest BCUT2D eigenvalue weighted by atomic mass is 32.2. The lowest BCUT2D eigenvalue weighted by atomic mass is 9.86. The highest BCUT2D eigenvalue weighted by Gasteiger charge is 2.44. The standard InChI is InChI=1S/C88H165N7O16S4/c1-14-71(4)106-68-112-63-43-23-33-53-89-79(98)47-27-17-37-57-93(58-38-18-28-48-80(99)90-54-34-24-44-64-113-69-107-72(5)15-2)83(102)51-31-21-41-61-95(87(104)111-88(11,12)13)62-42-22-32-52-84(103)94(59-39-19-29-49-81(100)91-55-35-25-45-65-114-70-108-73(6)16-3)60-40-20-30-50-82(101)92-56-36-26-46-66-115-86-75(8)85(109-77(10)97)74(7)78(110-86)67-105-76(9)96/h71-75,78,85-86H,14-70H2,1-13H3,(H,89,98)(H,90,99)(H,91,100)(H,92,101)/t71?,72?,73?,74-,75?,78?,85-,86-/m0/s1. The van der Waals surface area contributed by atoms with Crippen molar-refractivity contribution in [1.29, 1.82) is 0 Å². The van der Waals surface area contributed by atoms with Crippen LogP contribution in [0.5, 0.6) is 0 Å². The maximum absolute atomic E-state index is 14.0. The van der Waals surface area contributed by atoms with Gasteiger partial charge in [0, 0.05) is 130 Å². The minimum atomic E-state index is -0.680. The summed E-state index contributed by atoms with van der Waals surface area (Å²) in [5, 5.41) is 12.3. The largest absolute Gasteiger partial charge is 0.463 e. The van der Waals surface area contributed by atoms with E-state index in [0.717, 1.165) is 221 Å².